The molecule has 106 valence electrons. The van der Waals surface area contributed by atoms with Gasteiger partial charge in [0.15, 0.2) is 11.6 Å². The fraction of sp³-hybridized carbons (Fsp3) is 0.0909. The number of hydrogen-bond donors (Lipinski definition) is 1. The Bertz CT molecular complexity index is 612. The van der Waals surface area contributed by atoms with Crippen LogP contribution in [0.5, 0.6) is 5.75 Å². The van der Waals surface area contributed by atoms with Crippen LogP contribution in [0.25, 0.3) is 6.08 Å². The van der Waals surface area contributed by atoms with Crippen LogP contribution in [0.15, 0.2) is 23.1 Å². The maximum absolute atomic E-state index is 13.8. The molecule has 0 saturated carbocycles. The highest BCUT2D eigenvalue weighted by Crippen LogP contribution is 2.31. The Morgan fingerprint density at radius 3 is 2.50 bits per heavy atom. The highest BCUT2D eigenvalue weighted by Gasteiger charge is 2.33. The monoisotopic (exact) mass is 307 g/mol. The van der Waals surface area contributed by atoms with Crippen molar-refractivity contribution >= 4 is 29.0 Å². The van der Waals surface area contributed by atoms with Crippen molar-refractivity contribution in [2.75, 3.05) is 0 Å². The quantitative estimate of drug-likeness (QED) is 0.674. The van der Waals surface area contributed by atoms with Crippen LogP contribution in [0.3, 0.4) is 0 Å². The lowest BCUT2D eigenvalue weighted by Crippen LogP contribution is -2.18. The average molecular weight is 307 g/mol. The number of carbonyl (C=O) groups is 2. The second kappa shape index (κ2) is 5.16. The first-order valence-electron chi connectivity index (χ1n) is 5.05. The van der Waals surface area contributed by atoms with E-state index in [1.165, 1.54) is 0 Å². The first kappa shape index (κ1) is 14.4. The van der Waals surface area contributed by atoms with Crippen LogP contribution in [0.4, 0.5) is 22.4 Å². The first-order chi connectivity index (χ1) is 9.26. The van der Waals surface area contributed by atoms with Gasteiger partial charge in [0.05, 0.1) is 4.91 Å². The van der Waals surface area contributed by atoms with Gasteiger partial charge in [0.2, 0.25) is 0 Å². The number of nitrogens with one attached hydrogen (secondary N) is 1. The summed E-state index contributed by atoms with van der Waals surface area (Å²) in [5.41, 5.74) is -0.292. The lowest BCUT2D eigenvalue weighted by atomic mass is 10.2. The molecule has 1 saturated heterocycles. The minimum atomic E-state index is -5.03. The van der Waals surface area contributed by atoms with Gasteiger partial charge in [0.1, 0.15) is 0 Å². The third-order valence-corrected chi connectivity index (χ3v) is 2.96. The predicted molar refractivity (Wildman–Crippen MR) is 62.2 cm³/mol. The minimum Gasteiger partial charge on any atom is -0.403 e. The summed E-state index contributed by atoms with van der Waals surface area (Å²) in [6.45, 7) is 0. The Morgan fingerprint density at radius 2 is 1.95 bits per heavy atom. The molecule has 20 heavy (non-hydrogen) atoms. The number of alkyl halides is 3. The molecule has 4 nitrogen and oxygen atoms in total. The van der Waals surface area contributed by atoms with E-state index in [9.17, 15) is 27.2 Å². The normalized spacial score (nSPS) is 17.5. The summed E-state index contributed by atoms with van der Waals surface area (Å²) in [7, 11) is 0. The molecule has 1 aromatic rings. The molecule has 1 aliphatic rings. The topological polar surface area (TPSA) is 55.4 Å². The first-order valence-corrected chi connectivity index (χ1v) is 5.87. The third kappa shape index (κ3) is 3.29. The van der Waals surface area contributed by atoms with Crippen LogP contribution in [-0.4, -0.2) is 17.5 Å². The van der Waals surface area contributed by atoms with E-state index < -0.39 is 29.1 Å². The van der Waals surface area contributed by atoms with Gasteiger partial charge in [-0.15, -0.1) is 13.2 Å². The largest absolute Gasteiger partial charge is 0.573 e. The minimum absolute atomic E-state index is 0.113. The summed E-state index contributed by atoms with van der Waals surface area (Å²) in [5, 5.41) is 1.31. The number of carbonyl (C=O) groups excluding carboxylic acids is 2. The molecular weight excluding hydrogens is 302 g/mol. The van der Waals surface area contributed by atoms with Crippen LogP contribution in [0.2, 0.25) is 0 Å². The molecule has 1 heterocycles. The third-order valence-electron chi connectivity index (χ3n) is 2.15. The van der Waals surface area contributed by atoms with Crippen molar-refractivity contribution in [3.8, 4) is 5.75 Å². The summed E-state index contributed by atoms with van der Waals surface area (Å²) in [6.07, 6.45) is -4.05. The van der Waals surface area contributed by atoms with Crippen LogP contribution in [0.1, 0.15) is 5.56 Å². The maximum atomic E-state index is 13.8. The number of amides is 2. The molecule has 1 N–H and O–H groups in total. The number of benzene rings is 1. The number of ether oxygens (including phenoxy) is 1. The zero-order chi connectivity index (χ0) is 14.9. The molecular formula is C11H5F4NO3S. The molecule has 0 bridgehead atoms. The van der Waals surface area contributed by atoms with Gasteiger partial charge < -0.3 is 4.74 Å². The van der Waals surface area contributed by atoms with E-state index in [4.69, 9.17) is 0 Å². The van der Waals surface area contributed by atoms with Crippen molar-refractivity contribution in [3.05, 3.63) is 34.5 Å². The van der Waals surface area contributed by atoms with Crippen LogP contribution in [-0.2, 0) is 4.79 Å². The van der Waals surface area contributed by atoms with Crippen molar-refractivity contribution < 1.29 is 31.9 Å². The predicted octanol–water partition coefficient (Wildman–Crippen LogP) is 3.05. The molecule has 0 aromatic heterocycles. The van der Waals surface area contributed by atoms with Gasteiger partial charge >= 0.3 is 6.36 Å². The van der Waals surface area contributed by atoms with Crippen LogP contribution < -0.4 is 10.1 Å². The van der Waals surface area contributed by atoms with Gasteiger partial charge in [-0.05, 0) is 23.9 Å². The van der Waals surface area contributed by atoms with Gasteiger partial charge in [0.25, 0.3) is 11.1 Å². The number of thioether (sulfide) groups is 1. The zero-order valence-electron chi connectivity index (χ0n) is 9.45. The molecule has 1 aromatic carbocycles. The number of rotatable bonds is 2. The van der Waals surface area contributed by atoms with Crippen LogP contribution >= 0.6 is 11.8 Å². The fourth-order valence-electron chi connectivity index (χ4n) is 1.41. The fourth-order valence-corrected chi connectivity index (χ4v) is 2.08. The Labute approximate surface area is 113 Å². The van der Waals surface area contributed by atoms with Gasteiger partial charge in [-0.3, -0.25) is 14.9 Å². The molecule has 1 fully saturated rings. The number of hydrogen-bond acceptors (Lipinski definition) is 4. The van der Waals surface area contributed by atoms with Crippen molar-refractivity contribution in [1.29, 1.82) is 0 Å². The van der Waals surface area contributed by atoms with Gasteiger partial charge in [-0.2, -0.15) is 0 Å². The van der Waals surface area contributed by atoms with Crippen LogP contribution in [0, 0.1) is 5.82 Å². The van der Waals surface area contributed by atoms with E-state index >= 15 is 0 Å². The lowest BCUT2D eigenvalue weighted by molar-refractivity contribution is -0.275. The maximum Gasteiger partial charge on any atom is 0.573 e. The van der Waals surface area contributed by atoms with Crippen molar-refractivity contribution in [2.45, 2.75) is 6.36 Å². The Kier molecular flexibility index (Phi) is 3.71. The molecule has 0 atom stereocenters. The Hall–Kier alpha value is -2.03. The van der Waals surface area contributed by atoms with Gasteiger partial charge in [-0.25, -0.2) is 4.39 Å². The standard InChI is InChI=1S/C11H5F4NO3S/c12-8-5(4-7-9(17)16-10(18)20-7)2-1-3-6(8)19-11(13,14)15/h1-4H,(H,16,17,18). The molecule has 0 unspecified atom stereocenters. The van der Waals surface area contributed by atoms with E-state index in [1.807, 2.05) is 5.32 Å². The SMILES string of the molecule is O=C1NC(=O)C(=Cc2cccc(OC(F)(F)F)c2F)S1. The molecule has 1 aliphatic heterocycles. The molecule has 2 rings (SSSR count). The van der Waals surface area contributed by atoms with E-state index in [-0.39, 0.29) is 10.5 Å². The lowest BCUT2D eigenvalue weighted by Gasteiger charge is -2.10. The Morgan fingerprint density at radius 1 is 1.25 bits per heavy atom. The van der Waals surface area contributed by atoms with E-state index in [2.05, 4.69) is 4.74 Å². The second-order valence-corrected chi connectivity index (χ2v) is 4.57. The highest BCUT2D eigenvalue weighted by molar-refractivity contribution is 8.18. The molecule has 2 amide bonds. The highest BCUT2D eigenvalue weighted by atomic mass is 32.2. The van der Waals surface area contributed by atoms with E-state index in [0.29, 0.717) is 11.8 Å². The Balaban J connectivity index is 2.34. The zero-order valence-corrected chi connectivity index (χ0v) is 10.3. The van der Waals surface area contributed by atoms with Gasteiger partial charge in [-0.1, -0.05) is 12.1 Å². The smallest absolute Gasteiger partial charge is 0.403 e. The van der Waals surface area contributed by atoms with Crippen molar-refractivity contribution in [2.24, 2.45) is 0 Å². The molecule has 0 spiro atoms. The summed E-state index contributed by atoms with van der Waals surface area (Å²) in [6, 6.07) is 3.09. The van der Waals surface area contributed by atoms with E-state index in [1.54, 1.807) is 0 Å². The van der Waals surface area contributed by atoms with Gasteiger partial charge in [0, 0.05) is 5.56 Å². The average Bonchev–Trinajstić information content (AvgIpc) is 2.61. The number of imide groups is 1. The second-order valence-electron chi connectivity index (χ2n) is 3.56. The molecule has 9 heteroatoms. The summed E-state index contributed by atoms with van der Waals surface area (Å²) in [5.74, 6) is -3.02. The molecule has 0 aliphatic carbocycles. The summed E-state index contributed by atoms with van der Waals surface area (Å²) >= 11 is 0.528. The molecule has 0 radical (unpaired) electrons. The van der Waals surface area contributed by atoms with Crippen molar-refractivity contribution in [3.63, 3.8) is 0 Å². The summed E-state index contributed by atoms with van der Waals surface area (Å²) < 4.78 is 53.5. The summed E-state index contributed by atoms with van der Waals surface area (Å²) in [4.78, 5) is 22.1. The van der Waals surface area contributed by atoms with Crippen molar-refractivity contribution in [1.82, 2.24) is 5.32 Å². The van der Waals surface area contributed by atoms with E-state index in [0.717, 1.165) is 24.3 Å². The number of halogens is 4.